The van der Waals surface area contributed by atoms with Gasteiger partial charge in [-0.05, 0) is 19.8 Å². The molecule has 0 rings (SSSR count). The maximum Gasteiger partial charge on any atom is 0.236 e. The summed E-state index contributed by atoms with van der Waals surface area (Å²) in [7, 11) is 0. The Balaban J connectivity index is 3.21. The molecule has 3 N–H and O–H groups in total. The first-order valence-electron chi connectivity index (χ1n) is 4.15. The minimum absolute atomic E-state index is 0.101. The van der Waals surface area contributed by atoms with Gasteiger partial charge >= 0.3 is 0 Å². The molecule has 0 aromatic heterocycles. The van der Waals surface area contributed by atoms with E-state index in [4.69, 9.17) is 12.2 Å². The van der Waals surface area contributed by atoms with Gasteiger partial charge in [0.1, 0.15) is 0 Å². The van der Waals surface area contributed by atoms with E-state index in [1.807, 2.05) is 0 Å². The van der Waals surface area contributed by atoms with Crippen molar-refractivity contribution in [1.82, 2.24) is 5.32 Å². The van der Waals surface area contributed by atoms with Crippen LogP contribution >= 0.6 is 0 Å². The molecule has 0 aliphatic carbocycles. The Kier molecular flexibility index (Phi) is 6.12. The van der Waals surface area contributed by atoms with Gasteiger partial charge in [0, 0.05) is 13.0 Å². The lowest BCUT2D eigenvalue weighted by Gasteiger charge is -2.06. The minimum Gasteiger partial charge on any atom is -0.355 e. The van der Waals surface area contributed by atoms with Gasteiger partial charge in [0.2, 0.25) is 5.91 Å². The van der Waals surface area contributed by atoms with Crippen LogP contribution in [0.15, 0.2) is 0 Å². The first-order valence-corrected chi connectivity index (χ1v) is 4.15. The van der Waals surface area contributed by atoms with Crippen LogP contribution in [-0.4, -0.2) is 18.5 Å². The fourth-order valence-corrected chi connectivity index (χ4v) is 0.725. The molecule has 0 aliphatic rings. The van der Waals surface area contributed by atoms with Crippen molar-refractivity contribution in [3.63, 3.8) is 0 Å². The molecular formula is C9H16N2O. The van der Waals surface area contributed by atoms with Crippen molar-refractivity contribution in [2.24, 2.45) is 5.73 Å². The average molecular weight is 168 g/mol. The zero-order chi connectivity index (χ0) is 9.40. The molecule has 0 fully saturated rings. The van der Waals surface area contributed by atoms with Gasteiger partial charge in [0.05, 0.1) is 6.04 Å². The zero-order valence-corrected chi connectivity index (χ0v) is 7.47. The van der Waals surface area contributed by atoms with Crippen LogP contribution in [0, 0.1) is 12.3 Å². The van der Waals surface area contributed by atoms with Gasteiger partial charge in [-0.1, -0.05) is 0 Å². The summed E-state index contributed by atoms with van der Waals surface area (Å²) in [5.41, 5.74) is 5.33. The molecule has 0 spiro atoms. The maximum atomic E-state index is 10.9. The topological polar surface area (TPSA) is 55.1 Å². The van der Waals surface area contributed by atoms with E-state index < -0.39 is 6.04 Å². The van der Waals surface area contributed by atoms with E-state index in [2.05, 4.69) is 11.2 Å². The predicted molar refractivity (Wildman–Crippen MR) is 49.3 cm³/mol. The molecule has 3 nitrogen and oxygen atoms in total. The lowest BCUT2D eigenvalue weighted by atomic mass is 10.2. The van der Waals surface area contributed by atoms with Crippen molar-refractivity contribution >= 4 is 5.91 Å². The maximum absolute atomic E-state index is 10.9. The normalized spacial score (nSPS) is 11.8. The molecule has 0 aliphatic heterocycles. The van der Waals surface area contributed by atoms with Crippen molar-refractivity contribution in [1.29, 1.82) is 0 Å². The van der Waals surface area contributed by atoms with Crippen LogP contribution < -0.4 is 11.1 Å². The van der Waals surface area contributed by atoms with E-state index in [1.54, 1.807) is 6.92 Å². The van der Waals surface area contributed by atoms with Gasteiger partial charge in [0.15, 0.2) is 0 Å². The second kappa shape index (κ2) is 6.68. The molecule has 1 unspecified atom stereocenters. The van der Waals surface area contributed by atoms with Gasteiger partial charge in [-0.3, -0.25) is 4.79 Å². The third-order valence-corrected chi connectivity index (χ3v) is 1.46. The summed E-state index contributed by atoms with van der Waals surface area (Å²) in [6, 6.07) is -0.419. The highest BCUT2D eigenvalue weighted by Gasteiger charge is 2.04. The SMILES string of the molecule is C#CCCCCNC(=O)C(C)N. The zero-order valence-electron chi connectivity index (χ0n) is 7.47. The number of terminal acetylenes is 1. The lowest BCUT2D eigenvalue weighted by molar-refractivity contribution is -0.121. The molecule has 12 heavy (non-hydrogen) atoms. The predicted octanol–water partition coefficient (Wildman–Crippen LogP) is 0.253. The molecule has 1 amide bonds. The number of nitrogens with one attached hydrogen (secondary N) is 1. The van der Waals surface area contributed by atoms with Crippen LogP contribution in [-0.2, 0) is 4.79 Å². The molecule has 0 saturated heterocycles. The van der Waals surface area contributed by atoms with Crippen LogP contribution in [0.1, 0.15) is 26.2 Å². The van der Waals surface area contributed by atoms with E-state index in [1.165, 1.54) is 0 Å². The molecule has 0 aromatic rings. The largest absolute Gasteiger partial charge is 0.355 e. The Morgan fingerprint density at radius 1 is 1.67 bits per heavy atom. The number of carbonyl (C=O) groups is 1. The van der Waals surface area contributed by atoms with Gasteiger partial charge in [-0.2, -0.15) is 0 Å². The number of hydrogen-bond donors (Lipinski definition) is 2. The fourth-order valence-electron chi connectivity index (χ4n) is 0.725. The summed E-state index contributed by atoms with van der Waals surface area (Å²) in [6.07, 6.45) is 7.71. The van der Waals surface area contributed by atoms with Crippen LogP contribution in [0.2, 0.25) is 0 Å². The first kappa shape index (κ1) is 11.0. The summed E-state index contributed by atoms with van der Waals surface area (Å²) in [6.45, 7) is 2.33. The highest BCUT2D eigenvalue weighted by atomic mass is 16.2. The van der Waals surface area contributed by atoms with Crippen LogP contribution in [0.4, 0.5) is 0 Å². The summed E-state index contributed by atoms with van der Waals surface area (Å²) in [5, 5.41) is 2.71. The van der Waals surface area contributed by atoms with E-state index >= 15 is 0 Å². The number of unbranched alkanes of at least 4 members (excludes halogenated alkanes) is 2. The van der Waals surface area contributed by atoms with E-state index in [-0.39, 0.29) is 5.91 Å². The summed E-state index contributed by atoms with van der Waals surface area (Å²) in [5.74, 6) is 2.44. The second-order valence-electron chi connectivity index (χ2n) is 2.74. The van der Waals surface area contributed by atoms with Crippen LogP contribution in [0.3, 0.4) is 0 Å². The van der Waals surface area contributed by atoms with Crippen molar-refractivity contribution in [3.8, 4) is 12.3 Å². The molecular weight excluding hydrogens is 152 g/mol. The monoisotopic (exact) mass is 168 g/mol. The quantitative estimate of drug-likeness (QED) is 0.457. The third kappa shape index (κ3) is 5.75. The number of rotatable bonds is 5. The summed E-state index contributed by atoms with van der Waals surface area (Å²) < 4.78 is 0. The number of amides is 1. The molecule has 0 bridgehead atoms. The Bertz CT molecular complexity index is 170. The second-order valence-corrected chi connectivity index (χ2v) is 2.74. The number of carbonyl (C=O) groups excluding carboxylic acids is 1. The van der Waals surface area contributed by atoms with E-state index in [0.717, 1.165) is 19.3 Å². The molecule has 0 aromatic carbocycles. The molecule has 0 saturated carbocycles. The van der Waals surface area contributed by atoms with Gasteiger partial charge in [-0.25, -0.2) is 0 Å². The number of hydrogen-bond acceptors (Lipinski definition) is 2. The number of nitrogens with two attached hydrogens (primary N) is 1. The Labute approximate surface area is 73.7 Å². The average Bonchev–Trinajstić information content (AvgIpc) is 2.03. The Morgan fingerprint density at radius 3 is 2.83 bits per heavy atom. The van der Waals surface area contributed by atoms with Gasteiger partial charge < -0.3 is 11.1 Å². The minimum atomic E-state index is -0.419. The third-order valence-electron chi connectivity index (χ3n) is 1.46. The van der Waals surface area contributed by atoms with Crippen LogP contribution in [0.25, 0.3) is 0 Å². The van der Waals surface area contributed by atoms with Crippen LogP contribution in [0.5, 0.6) is 0 Å². The molecule has 1 atom stereocenters. The molecule has 68 valence electrons. The highest BCUT2D eigenvalue weighted by molar-refractivity contribution is 5.80. The first-order chi connectivity index (χ1) is 5.68. The molecule has 0 heterocycles. The summed E-state index contributed by atoms with van der Waals surface area (Å²) in [4.78, 5) is 10.9. The molecule has 0 radical (unpaired) electrons. The highest BCUT2D eigenvalue weighted by Crippen LogP contribution is 1.91. The van der Waals surface area contributed by atoms with Crippen molar-refractivity contribution < 1.29 is 4.79 Å². The van der Waals surface area contributed by atoms with Gasteiger partial charge in [0.25, 0.3) is 0 Å². The lowest BCUT2D eigenvalue weighted by Crippen LogP contribution is -2.38. The summed E-state index contributed by atoms with van der Waals surface area (Å²) >= 11 is 0. The fraction of sp³-hybridized carbons (Fsp3) is 0.667. The van der Waals surface area contributed by atoms with Crippen molar-refractivity contribution in [3.05, 3.63) is 0 Å². The smallest absolute Gasteiger partial charge is 0.236 e. The Hall–Kier alpha value is -1.01. The van der Waals surface area contributed by atoms with Crippen molar-refractivity contribution in [2.45, 2.75) is 32.2 Å². The molecule has 3 heteroatoms. The Morgan fingerprint density at radius 2 is 2.33 bits per heavy atom. The van der Waals surface area contributed by atoms with E-state index in [0.29, 0.717) is 6.54 Å². The van der Waals surface area contributed by atoms with Crippen molar-refractivity contribution in [2.75, 3.05) is 6.54 Å². The van der Waals surface area contributed by atoms with Gasteiger partial charge in [-0.15, -0.1) is 12.3 Å². The van der Waals surface area contributed by atoms with E-state index in [9.17, 15) is 4.79 Å². The standard InChI is InChI=1S/C9H16N2O/c1-3-4-5-6-7-11-9(12)8(2)10/h1,8H,4-7,10H2,2H3,(H,11,12).